The van der Waals surface area contributed by atoms with Crippen LogP contribution in [0.3, 0.4) is 0 Å². The molecule has 12 heavy (non-hydrogen) atoms. The van der Waals surface area contributed by atoms with Gasteiger partial charge in [-0.2, -0.15) is 0 Å². The maximum absolute atomic E-state index is 10.5. The van der Waals surface area contributed by atoms with Crippen LogP contribution in [-0.4, -0.2) is 25.2 Å². The zero-order valence-electron chi connectivity index (χ0n) is 7.64. The molecule has 0 bridgehead atoms. The minimum atomic E-state index is 0.0470. The lowest BCUT2D eigenvalue weighted by Crippen LogP contribution is -2.27. The van der Waals surface area contributed by atoms with Crippen LogP contribution >= 0.6 is 0 Å². The molecule has 3 heteroatoms. The van der Waals surface area contributed by atoms with Crippen LogP contribution in [0.2, 0.25) is 0 Å². The monoisotopic (exact) mass is 171 g/mol. The van der Waals surface area contributed by atoms with Gasteiger partial charge in [-0.3, -0.25) is 4.79 Å². The highest BCUT2D eigenvalue weighted by atomic mass is 16.5. The molecule has 0 aliphatic carbocycles. The van der Waals surface area contributed by atoms with Crippen LogP contribution < -0.4 is 5.32 Å². The van der Waals surface area contributed by atoms with Crippen molar-refractivity contribution >= 4 is 5.91 Å². The summed E-state index contributed by atoms with van der Waals surface area (Å²) < 4.78 is 5.51. The summed E-state index contributed by atoms with van der Waals surface area (Å²) in [5.41, 5.74) is 0. The third kappa shape index (κ3) is 3.72. The highest BCUT2D eigenvalue weighted by molar-refractivity contribution is 5.72. The number of ether oxygens (including phenoxy) is 1. The Labute approximate surface area is 73.5 Å². The number of hydrogen-bond donors (Lipinski definition) is 1. The van der Waals surface area contributed by atoms with Gasteiger partial charge in [-0.15, -0.1) is 0 Å². The Kier molecular flexibility index (Phi) is 4.08. The Morgan fingerprint density at radius 2 is 2.42 bits per heavy atom. The lowest BCUT2D eigenvalue weighted by Gasteiger charge is -2.22. The van der Waals surface area contributed by atoms with E-state index in [0.717, 1.165) is 26.0 Å². The molecule has 1 unspecified atom stereocenters. The van der Waals surface area contributed by atoms with Gasteiger partial charge in [0.15, 0.2) is 0 Å². The Hall–Kier alpha value is -0.570. The van der Waals surface area contributed by atoms with Crippen LogP contribution in [0.15, 0.2) is 0 Å². The van der Waals surface area contributed by atoms with Gasteiger partial charge in [0, 0.05) is 20.1 Å². The molecule has 0 aromatic heterocycles. The van der Waals surface area contributed by atoms with Crippen molar-refractivity contribution in [3.63, 3.8) is 0 Å². The number of hydrogen-bond acceptors (Lipinski definition) is 2. The minimum Gasteiger partial charge on any atom is -0.378 e. The molecule has 70 valence electrons. The summed E-state index contributed by atoms with van der Waals surface area (Å²) in [6.07, 6.45) is 4.95. The van der Waals surface area contributed by atoms with Gasteiger partial charge in [0.1, 0.15) is 0 Å². The molecule has 0 spiro atoms. The largest absolute Gasteiger partial charge is 0.378 e. The molecule has 0 saturated carbocycles. The van der Waals surface area contributed by atoms with Gasteiger partial charge in [0.05, 0.1) is 6.10 Å². The summed E-state index contributed by atoms with van der Waals surface area (Å²) in [7, 11) is 0. The smallest absolute Gasteiger partial charge is 0.216 e. The van der Waals surface area contributed by atoms with Crippen LogP contribution in [0.25, 0.3) is 0 Å². The highest BCUT2D eigenvalue weighted by Crippen LogP contribution is 2.14. The SMILES string of the molecule is CC(=O)NCCC1CCCCO1. The van der Waals surface area contributed by atoms with Gasteiger partial charge >= 0.3 is 0 Å². The van der Waals surface area contributed by atoms with Crippen LogP contribution in [-0.2, 0) is 9.53 Å². The van der Waals surface area contributed by atoms with E-state index in [0.29, 0.717) is 6.10 Å². The molecule has 0 aromatic rings. The van der Waals surface area contributed by atoms with Crippen molar-refractivity contribution < 1.29 is 9.53 Å². The lowest BCUT2D eigenvalue weighted by molar-refractivity contribution is -0.119. The standard InChI is InChI=1S/C9H17NO2/c1-8(11)10-6-5-9-4-2-3-7-12-9/h9H,2-7H2,1H3,(H,10,11). The first kappa shape index (κ1) is 9.52. The summed E-state index contributed by atoms with van der Waals surface area (Å²) in [5.74, 6) is 0.0470. The third-order valence-corrected chi connectivity index (χ3v) is 2.11. The van der Waals surface area contributed by atoms with Gasteiger partial charge in [-0.05, 0) is 25.7 Å². The van der Waals surface area contributed by atoms with E-state index in [-0.39, 0.29) is 5.91 Å². The average molecular weight is 171 g/mol. The molecule has 1 atom stereocenters. The summed E-state index contributed by atoms with van der Waals surface area (Å²) in [6, 6.07) is 0. The van der Waals surface area contributed by atoms with E-state index in [4.69, 9.17) is 4.74 Å². The summed E-state index contributed by atoms with van der Waals surface area (Å²) in [6.45, 7) is 3.19. The fraction of sp³-hybridized carbons (Fsp3) is 0.889. The lowest BCUT2D eigenvalue weighted by atomic mass is 10.1. The van der Waals surface area contributed by atoms with Gasteiger partial charge in [-0.1, -0.05) is 0 Å². The highest BCUT2D eigenvalue weighted by Gasteiger charge is 2.12. The fourth-order valence-corrected chi connectivity index (χ4v) is 1.44. The van der Waals surface area contributed by atoms with Crippen LogP contribution in [0, 0.1) is 0 Å². The van der Waals surface area contributed by atoms with E-state index in [2.05, 4.69) is 5.32 Å². The number of nitrogens with one attached hydrogen (secondary N) is 1. The molecule has 1 heterocycles. The minimum absolute atomic E-state index is 0.0470. The van der Waals surface area contributed by atoms with Crippen molar-refractivity contribution in [2.75, 3.05) is 13.2 Å². The second kappa shape index (κ2) is 5.14. The molecular weight excluding hydrogens is 154 g/mol. The molecule has 1 fully saturated rings. The average Bonchev–Trinajstić information content (AvgIpc) is 2.05. The number of carbonyl (C=O) groups excluding carboxylic acids is 1. The van der Waals surface area contributed by atoms with Gasteiger partial charge in [0.25, 0.3) is 0 Å². The van der Waals surface area contributed by atoms with Crippen molar-refractivity contribution in [2.24, 2.45) is 0 Å². The zero-order chi connectivity index (χ0) is 8.81. The maximum Gasteiger partial charge on any atom is 0.216 e. The first-order valence-electron chi connectivity index (χ1n) is 4.65. The molecule has 1 saturated heterocycles. The molecular formula is C9H17NO2. The van der Waals surface area contributed by atoms with Gasteiger partial charge in [0.2, 0.25) is 5.91 Å². The second-order valence-corrected chi connectivity index (χ2v) is 3.26. The van der Waals surface area contributed by atoms with Crippen molar-refractivity contribution in [3.05, 3.63) is 0 Å². The first-order valence-corrected chi connectivity index (χ1v) is 4.65. The van der Waals surface area contributed by atoms with Gasteiger partial charge in [-0.25, -0.2) is 0 Å². The van der Waals surface area contributed by atoms with Crippen molar-refractivity contribution in [1.29, 1.82) is 0 Å². The summed E-state index contributed by atoms with van der Waals surface area (Å²) in [4.78, 5) is 10.5. The number of amides is 1. The van der Waals surface area contributed by atoms with E-state index in [9.17, 15) is 4.79 Å². The first-order chi connectivity index (χ1) is 5.79. The van der Waals surface area contributed by atoms with Crippen LogP contribution in [0.4, 0.5) is 0 Å². The number of carbonyl (C=O) groups is 1. The van der Waals surface area contributed by atoms with Crippen molar-refractivity contribution in [1.82, 2.24) is 5.32 Å². The molecule has 1 amide bonds. The molecule has 1 aliphatic heterocycles. The van der Waals surface area contributed by atoms with Gasteiger partial charge < -0.3 is 10.1 Å². The van der Waals surface area contributed by atoms with E-state index in [1.165, 1.54) is 12.8 Å². The van der Waals surface area contributed by atoms with E-state index in [1.54, 1.807) is 6.92 Å². The predicted octanol–water partition coefficient (Wildman–Crippen LogP) is 1.08. The van der Waals surface area contributed by atoms with E-state index in [1.807, 2.05) is 0 Å². The molecule has 3 nitrogen and oxygen atoms in total. The van der Waals surface area contributed by atoms with Crippen LogP contribution in [0.5, 0.6) is 0 Å². The predicted molar refractivity (Wildman–Crippen MR) is 46.9 cm³/mol. The summed E-state index contributed by atoms with van der Waals surface area (Å²) in [5, 5.41) is 2.77. The molecule has 0 radical (unpaired) electrons. The third-order valence-electron chi connectivity index (χ3n) is 2.11. The fourth-order valence-electron chi connectivity index (χ4n) is 1.44. The second-order valence-electron chi connectivity index (χ2n) is 3.26. The van der Waals surface area contributed by atoms with E-state index >= 15 is 0 Å². The van der Waals surface area contributed by atoms with Crippen molar-refractivity contribution in [3.8, 4) is 0 Å². The Morgan fingerprint density at radius 3 is 3.00 bits per heavy atom. The topological polar surface area (TPSA) is 38.3 Å². The number of rotatable bonds is 3. The zero-order valence-corrected chi connectivity index (χ0v) is 7.64. The maximum atomic E-state index is 10.5. The normalized spacial score (nSPS) is 23.6. The molecule has 1 N–H and O–H groups in total. The Bertz CT molecular complexity index is 141. The Morgan fingerprint density at radius 1 is 1.58 bits per heavy atom. The quantitative estimate of drug-likeness (QED) is 0.690. The van der Waals surface area contributed by atoms with Crippen LogP contribution in [0.1, 0.15) is 32.6 Å². The molecule has 1 aliphatic rings. The van der Waals surface area contributed by atoms with E-state index < -0.39 is 0 Å². The Balaban J connectivity index is 2.01. The molecule has 1 rings (SSSR count). The van der Waals surface area contributed by atoms with Crippen molar-refractivity contribution in [2.45, 2.75) is 38.7 Å². The summed E-state index contributed by atoms with van der Waals surface area (Å²) >= 11 is 0. The molecule has 0 aromatic carbocycles.